The zero-order valence-corrected chi connectivity index (χ0v) is 11.0. The Morgan fingerprint density at radius 3 is 2.07 bits per heavy atom. The molecule has 0 aromatic carbocycles. The van der Waals surface area contributed by atoms with Crippen LogP contribution in [0.15, 0.2) is 0 Å². The summed E-state index contributed by atoms with van der Waals surface area (Å²) < 4.78 is 28.2. The standard InChI is InChI=1S/C9H23N3O2S/c1-7(2)6-11-15(13,14)12-9(4,5)8(3)10/h7-8,11-12H,6,10H2,1-5H3. The fourth-order valence-corrected chi connectivity index (χ4v) is 2.26. The number of nitrogens with two attached hydrogens (primary N) is 1. The predicted octanol–water partition coefficient (Wildman–Crippen LogP) is 0.192. The molecule has 0 aliphatic rings. The molecule has 0 heterocycles. The lowest BCUT2D eigenvalue weighted by molar-refractivity contribution is 0.384. The molecule has 15 heavy (non-hydrogen) atoms. The maximum Gasteiger partial charge on any atom is 0.277 e. The van der Waals surface area contributed by atoms with Gasteiger partial charge in [-0.3, -0.25) is 0 Å². The van der Waals surface area contributed by atoms with Gasteiger partial charge in [0.15, 0.2) is 0 Å². The largest absolute Gasteiger partial charge is 0.326 e. The van der Waals surface area contributed by atoms with Gasteiger partial charge in [-0.1, -0.05) is 13.8 Å². The molecule has 4 N–H and O–H groups in total. The highest BCUT2D eigenvalue weighted by Crippen LogP contribution is 2.07. The number of hydrogen-bond acceptors (Lipinski definition) is 3. The quantitative estimate of drug-likeness (QED) is 0.616. The van der Waals surface area contributed by atoms with Gasteiger partial charge in [-0.25, -0.2) is 4.72 Å². The van der Waals surface area contributed by atoms with Crippen LogP contribution in [0.1, 0.15) is 34.6 Å². The fraction of sp³-hybridized carbons (Fsp3) is 1.00. The summed E-state index contributed by atoms with van der Waals surface area (Å²) in [6.07, 6.45) is 0. The lowest BCUT2D eigenvalue weighted by Gasteiger charge is -2.29. The molecule has 0 bridgehead atoms. The van der Waals surface area contributed by atoms with E-state index >= 15 is 0 Å². The zero-order chi connectivity index (χ0) is 12.3. The van der Waals surface area contributed by atoms with Gasteiger partial charge in [0.2, 0.25) is 0 Å². The molecule has 0 aliphatic heterocycles. The van der Waals surface area contributed by atoms with Crippen LogP contribution in [-0.2, 0) is 10.2 Å². The summed E-state index contributed by atoms with van der Waals surface area (Å²) in [6.45, 7) is 9.59. The molecule has 0 fully saturated rings. The van der Waals surface area contributed by atoms with Crippen LogP contribution in [0.2, 0.25) is 0 Å². The van der Waals surface area contributed by atoms with Gasteiger partial charge >= 0.3 is 0 Å². The number of hydrogen-bond donors (Lipinski definition) is 3. The predicted molar refractivity (Wildman–Crippen MR) is 62.6 cm³/mol. The van der Waals surface area contributed by atoms with E-state index in [2.05, 4.69) is 9.44 Å². The van der Waals surface area contributed by atoms with E-state index in [1.54, 1.807) is 20.8 Å². The van der Waals surface area contributed by atoms with Gasteiger partial charge in [-0.2, -0.15) is 13.1 Å². The third-order valence-electron chi connectivity index (χ3n) is 2.22. The first-order valence-electron chi connectivity index (χ1n) is 5.11. The minimum absolute atomic E-state index is 0.256. The Morgan fingerprint density at radius 1 is 1.27 bits per heavy atom. The van der Waals surface area contributed by atoms with E-state index in [0.29, 0.717) is 6.54 Å². The van der Waals surface area contributed by atoms with Crippen molar-refractivity contribution in [2.75, 3.05) is 6.54 Å². The molecular weight excluding hydrogens is 214 g/mol. The van der Waals surface area contributed by atoms with Crippen LogP contribution in [0.3, 0.4) is 0 Å². The summed E-state index contributed by atoms with van der Waals surface area (Å²) in [5.74, 6) is 0.278. The molecule has 0 aromatic heterocycles. The highest BCUT2D eigenvalue weighted by atomic mass is 32.2. The van der Waals surface area contributed by atoms with Gasteiger partial charge in [0.1, 0.15) is 0 Å². The first-order chi connectivity index (χ1) is 6.57. The number of rotatable bonds is 6. The Morgan fingerprint density at radius 2 is 1.73 bits per heavy atom. The SMILES string of the molecule is CC(C)CNS(=O)(=O)NC(C)(C)C(C)N. The molecule has 0 saturated carbocycles. The molecule has 0 saturated heterocycles. The molecule has 1 unspecified atom stereocenters. The van der Waals surface area contributed by atoms with Gasteiger partial charge in [-0.05, 0) is 26.7 Å². The van der Waals surface area contributed by atoms with Gasteiger partial charge < -0.3 is 5.73 Å². The summed E-state index contributed by atoms with van der Waals surface area (Å²) >= 11 is 0. The molecule has 0 rings (SSSR count). The van der Waals surface area contributed by atoms with Crippen molar-refractivity contribution in [3.63, 3.8) is 0 Å². The van der Waals surface area contributed by atoms with Crippen molar-refractivity contribution in [3.8, 4) is 0 Å². The summed E-state index contributed by atoms with van der Waals surface area (Å²) in [5, 5.41) is 0. The van der Waals surface area contributed by atoms with E-state index in [9.17, 15) is 8.42 Å². The molecule has 6 heteroatoms. The van der Waals surface area contributed by atoms with Crippen LogP contribution >= 0.6 is 0 Å². The smallest absolute Gasteiger partial charge is 0.277 e. The molecule has 0 aliphatic carbocycles. The highest BCUT2D eigenvalue weighted by Gasteiger charge is 2.28. The van der Waals surface area contributed by atoms with Crippen LogP contribution in [0.4, 0.5) is 0 Å². The van der Waals surface area contributed by atoms with Crippen LogP contribution in [0.25, 0.3) is 0 Å². The molecule has 5 nitrogen and oxygen atoms in total. The van der Waals surface area contributed by atoms with Crippen LogP contribution < -0.4 is 15.2 Å². The average Bonchev–Trinajstić information content (AvgIpc) is 1.99. The van der Waals surface area contributed by atoms with Crippen molar-refractivity contribution >= 4 is 10.2 Å². The van der Waals surface area contributed by atoms with Gasteiger partial charge in [0.05, 0.1) is 0 Å². The molecular formula is C9H23N3O2S. The molecule has 0 spiro atoms. The van der Waals surface area contributed by atoms with E-state index in [4.69, 9.17) is 5.73 Å². The third kappa shape index (κ3) is 6.09. The first-order valence-corrected chi connectivity index (χ1v) is 6.59. The second kappa shape index (κ2) is 5.25. The molecule has 92 valence electrons. The van der Waals surface area contributed by atoms with Crippen molar-refractivity contribution in [2.24, 2.45) is 11.7 Å². The van der Waals surface area contributed by atoms with E-state index in [1.807, 2.05) is 13.8 Å². The minimum atomic E-state index is -3.46. The molecule has 0 amide bonds. The summed E-state index contributed by atoms with van der Waals surface area (Å²) in [5.41, 5.74) is 5.03. The van der Waals surface area contributed by atoms with Crippen molar-refractivity contribution in [1.29, 1.82) is 0 Å². The van der Waals surface area contributed by atoms with E-state index in [0.717, 1.165) is 0 Å². The van der Waals surface area contributed by atoms with Gasteiger partial charge in [0.25, 0.3) is 10.2 Å². The Hall–Kier alpha value is -0.170. The van der Waals surface area contributed by atoms with Crippen molar-refractivity contribution < 1.29 is 8.42 Å². The minimum Gasteiger partial charge on any atom is -0.326 e. The monoisotopic (exact) mass is 237 g/mol. The summed E-state index contributed by atoms with van der Waals surface area (Å²) in [7, 11) is -3.46. The summed E-state index contributed by atoms with van der Waals surface area (Å²) in [4.78, 5) is 0. The van der Waals surface area contributed by atoms with Crippen molar-refractivity contribution in [3.05, 3.63) is 0 Å². The van der Waals surface area contributed by atoms with Crippen LogP contribution in [0, 0.1) is 5.92 Å². The maximum absolute atomic E-state index is 11.6. The Balaban J connectivity index is 4.39. The molecule has 0 radical (unpaired) electrons. The second-order valence-electron chi connectivity index (χ2n) is 4.86. The van der Waals surface area contributed by atoms with E-state index in [-0.39, 0.29) is 12.0 Å². The lowest BCUT2D eigenvalue weighted by Crippen LogP contribution is -2.57. The average molecular weight is 237 g/mol. The van der Waals surface area contributed by atoms with E-state index in [1.165, 1.54) is 0 Å². The van der Waals surface area contributed by atoms with Crippen molar-refractivity contribution in [2.45, 2.75) is 46.2 Å². The van der Waals surface area contributed by atoms with Gasteiger partial charge in [-0.15, -0.1) is 0 Å². The van der Waals surface area contributed by atoms with Gasteiger partial charge in [0, 0.05) is 18.1 Å². The maximum atomic E-state index is 11.6. The molecule has 1 atom stereocenters. The van der Waals surface area contributed by atoms with Crippen molar-refractivity contribution in [1.82, 2.24) is 9.44 Å². The van der Waals surface area contributed by atoms with Crippen LogP contribution in [-0.4, -0.2) is 26.5 Å². The fourth-order valence-electron chi connectivity index (χ4n) is 0.752. The normalized spacial score (nSPS) is 15.7. The molecule has 0 aromatic rings. The lowest BCUT2D eigenvalue weighted by atomic mass is 9.99. The second-order valence-corrected chi connectivity index (χ2v) is 6.36. The third-order valence-corrected chi connectivity index (χ3v) is 3.56. The Labute approximate surface area is 93.0 Å². The zero-order valence-electron chi connectivity index (χ0n) is 10.2. The Bertz CT molecular complexity index is 284. The van der Waals surface area contributed by atoms with E-state index < -0.39 is 15.7 Å². The number of nitrogens with one attached hydrogen (secondary N) is 2. The highest BCUT2D eigenvalue weighted by molar-refractivity contribution is 7.87. The summed E-state index contributed by atoms with van der Waals surface area (Å²) in [6, 6.07) is -0.256. The Kier molecular flexibility index (Phi) is 5.19. The first kappa shape index (κ1) is 14.8. The van der Waals surface area contributed by atoms with Crippen LogP contribution in [0.5, 0.6) is 0 Å². The topological polar surface area (TPSA) is 84.2 Å².